The van der Waals surface area contributed by atoms with E-state index in [1.165, 1.54) is 12.3 Å². The van der Waals surface area contributed by atoms with Crippen molar-refractivity contribution in [3.8, 4) is 11.4 Å². The molecule has 1 unspecified atom stereocenters. The van der Waals surface area contributed by atoms with Gasteiger partial charge in [-0.3, -0.25) is 4.98 Å². The number of nitrogens with zero attached hydrogens (tertiary/aromatic N) is 2. The van der Waals surface area contributed by atoms with Crippen LogP contribution in [0.15, 0.2) is 23.7 Å². The van der Waals surface area contributed by atoms with Crippen molar-refractivity contribution >= 4 is 11.3 Å². The second-order valence-electron chi connectivity index (χ2n) is 3.89. The van der Waals surface area contributed by atoms with Crippen molar-refractivity contribution < 1.29 is 4.39 Å². The molecule has 0 bridgehead atoms. The maximum atomic E-state index is 12.7. The second-order valence-corrected chi connectivity index (χ2v) is 4.78. The Bertz CT molecular complexity index is 481. The Kier molecular flexibility index (Phi) is 3.81. The van der Waals surface area contributed by atoms with Gasteiger partial charge in [-0.1, -0.05) is 6.92 Å². The van der Waals surface area contributed by atoms with E-state index < -0.39 is 0 Å². The molecule has 0 aliphatic heterocycles. The lowest BCUT2D eigenvalue weighted by atomic mass is 10.2. The zero-order valence-electron chi connectivity index (χ0n) is 9.77. The van der Waals surface area contributed by atoms with Crippen molar-refractivity contribution in [2.45, 2.75) is 12.8 Å². The quantitative estimate of drug-likeness (QED) is 0.907. The molecule has 17 heavy (non-hydrogen) atoms. The highest BCUT2D eigenvalue weighted by Gasteiger charge is 2.11. The molecular weight excluding hydrogens is 237 g/mol. The molecule has 2 heterocycles. The summed E-state index contributed by atoms with van der Waals surface area (Å²) in [5, 5.41) is 6.15. The van der Waals surface area contributed by atoms with Crippen LogP contribution in [0.5, 0.6) is 0 Å². The lowest BCUT2D eigenvalue weighted by Crippen LogP contribution is -2.14. The highest BCUT2D eigenvalue weighted by Crippen LogP contribution is 2.24. The molecule has 2 rings (SSSR count). The van der Waals surface area contributed by atoms with Crippen molar-refractivity contribution in [2.75, 3.05) is 13.6 Å². The van der Waals surface area contributed by atoms with Gasteiger partial charge in [0.15, 0.2) is 0 Å². The van der Waals surface area contributed by atoms with Gasteiger partial charge in [0.05, 0.1) is 22.6 Å². The summed E-state index contributed by atoms with van der Waals surface area (Å²) in [6.07, 6.45) is 1.21. The fourth-order valence-corrected chi connectivity index (χ4v) is 2.42. The van der Waals surface area contributed by atoms with E-state index in [4.69, 9.17) is 0 Å². The number of pyridine rings is 1. The summed E-state index contributed by atoms with van der Waals surface area (Å²) in [5.41, 5.74) is 1.53. The minimum Gasteiger partial charge on any atom is -0.319 e. The van der Waals surface area contributed by atoms with E-state index >= 15 is 0 Å². The highest BCUT2D eigenvalue weighted by atomic mass is 32.1. The molecule has 90 valence electrons. The van der Waals surface area contributed by atoms with Gasteiger partial charge in [-0.25, -0.2) is 9.37 Å². The molecule has 5 heteroatoms. The standard InChI is InChI=1S/C12H14FN3S/c1-8(5-14-2)12-16-11(7-17-12)10-4-3-9(13)6-15-10/h3-4,6-8,14H,5H2,1-2H3. The molecule has 0 saturated carbocycles. The topological polar surface area (TPSA) is 37.8 Å². The van der Waals surface area contributed by atoms with Gasteiger partial charge in [-0.05, 0) is 19.2 Å². The van der Waals surface area contributed by atoms with Gasteiger partial charge in [0, 0.05) is 17.8 Å². The Hall–Kier alpha value is -1.33. The predicted molar refractivity (Wildman–Crippen MR) is 67.6 cm³/mol. The Labute approximate surface area is 104 Å². The van der Waals surface area contributed by atoms with Crippen LogP contribution < -0.4 is 5.32 Å². The molecule has 0 aliphatic carbocycles. The number of nitrogens with one attached hydrogen (secondary N) is 1. The third kappa shape index (κ3) is 2.87. The number of hydrogen-bond acceptors (Lipinski definition) is 4. The summed E-state index contributed by atoms with van der Waals surface area (Å²) in [7, 11) is 1.92. The molecule has 1 atom stereocenters. The minimum absolute atomic E-state index is 0.326. The average molecular weight is 251 g/mol. The largest absolute Gasteiger partial charge is 0.319 e. The zero-order valence-corrected chi connectivity index (χ0v) is 10.6. The molecule has 0 amide bonds. The van der Waals surface area contributed by atoms with Crippen LogP contribution in [0.3, 0.4) is 0 Å². The second kappa shape index (κ2) is 5.33. The van der Waals surface area contributed by atoms with E-state index in [1.54, 1.807) is 17.4 Å². The molecule has 0 radical (unpaired) electrons. The van der Waals surface area contributed by atoms with Gasteiger partial charge < -0.3 is 5.32 Å². The van der Waals surface area contributed by atoms with Gasteiger partial charge in [0.2, 0.25) is 0 Å². The van der Waals surface area contributed by atoms with Gasteiger partial charge in [-0.2, -0.15) is 0 Å². The summed E-state index contributed by atoms with van der Waals surface area (Å²) in [6.45, 7) is 3.01. The number of thiazole rings is 1. The Morgan fingerprint density at radius 3 is 2.88 bits per heavy atom. The number of likely N-dealkylation sites (N-methyl/N-ethyl adjacent to an activating group) is 1. The van der Waals surface area contributed by atoms with Crippen LogP contribution >= 0.6 is 11.3 Å². The summed E-state index contributed by atoms with van der Waals surface area (Å²) in [6, 6.07) is 3.05. The molecule has 2 aromatic heterocycles. The van der Waals surface area contributed by atoms with Crippen molar-refractivity contribution in [1.29, 1.82) is 0 Å². The van der Waals surface area contributed by atoms with E-state index in [1.807, 2.05) is 12.4 Å². The van der Waals surface area contributed by atoms with Gasteiger partial charge in [0.25, 0.3) is 0 Å². The molecule has 0 aromatic carbocycles. The van der Waals surface area contributed by atoms with E-state index in [2.05, 4.69) is 22.2 Å². The first kappa shape index (κ1) is 12.1. The first-order valence-corrected chi connectivity index (χ1v) is 6.30. The van der Waals surface area contributed by atoms with Crippen molar-refractivity contribution in [3.63, 3.8) is 0 Å². The van der Waals surface area contributed by atoms with Crippen LogP contribution in [-0.4, -0.2) is 23.6 Å². The summed E-state index contributed by atoms with van der Waals surface area (Å²) in [4.78, 5) is 8.54. The number of aromatic nitrogens is 2. The molecule has 0 saturated heterocycles. The van der Waals surface area contributed by atoms with Crippen LogP contribution in [0.2, 0.25) is 0 Å². The minimum atomic E-state index is -0.326. The van der Waals surface area contributed by atoms with E-state index in [-0.39, 0.29) is 5.82 Å². The normalized spacial score (nSPS) is 12.6. The van der Waals surface area contributed by atoms with Crippen LogP contribution in [-0.2, 0) is 0 Å². The molecule has 1 N–H and O–H groups in total. The highest BCUT2D eigenvalue weighted by molar-refractivity contribution is 7.10. The van der Waals surface area contributed by atoms with Crippen molar-refractivity contribution in [2.24, 2.45) is 0 Å². The third-order valence-corrected chi connectivity index (χ3v) is 3.52. The van der Waals surface area contributed by atoms with Crippen molar-refractivity contribution in [3.05, 3.63) is 34.5 Å². The average Bonchev–Trinajstić information content (AvgIpc) is 2.80. The van der Waals surface area contributed by atoms with E-state index in [0.29, 0.717) is 11.6 Å². The van der Waals surface area contributed by atoms with E-state index in [0.717, 1.165) is 17.2 Å². The third-order valence-electron chi connectivity index (χ3n) is 2.44. The molecule has 3 nitrogen and oxygen atoms in total. The van der Waals surface area contributed by atoms with E-state index in [9.17, 15) is 4.39 Å². The lowest BCUT2D eigenvalue weighted by Gasteiger charge is -2.05. The molecule has 0 fully saturated rings. The Morgan fingerprint density at radius 2 is 2.24 bits per heavy atom. The first-order chi connectivity index (χ1) is 8.20. The van der Waals surface area contributed by atoms with Gasteiger partial charge in [0.1, 0.15) is 5.82 Å². The van der Waals surface area contributed by atoms with Crippen LogP contribution in [0, 0.1) is 5.82 Å². The number of hydrogen-bond donors (Lipinski definition) is 1. The van der Waals surface area contributed by atoms with Gasteiger partial charge >= 0.3 is 0 Å². The predicted octanol–water partition coefficient (Wildman–Crippen LogP) is 2.67. The van der Waals surface area contributed by atoms with Crippen molar-refractivity contribution in [1.82, 2.24) is 15.3 Å². The SMILES string of the molecule is CNCC(C)c1nc(-c2ccc(F)cn2)cs1. The molecule has 2 aromatic rings. The Morgan fingerprint density at radius 1 is 1.41 bits per heavy atom. The lowest BCUT2D eigenvalue weighted by molar-refractivity contribution is 0.621. The molecule has 0 spiro atoms. The monoisotopic (exact) mass is 251 g/mol. The van der Waals surface area contributed by atoms with Crippen LogP contribution in [0.1, 0.15) is 17.8 Å². The zero-order chi connectivity index (χ0) is 12.3. The molecule has 0 aliphatic rings. The summed E-state index contributed by atoms with van der Waals surface area (Å²) >= 11 is 1.61. The first-order valence-electron chi connectivity index (χ1n) is 5.42. The Balaban J connectivity index is 2.20. The summed E-state index contributed by atoms with van der Waals surface area (Å²) < 4.78 is 12.7. The van der Waals surface area contributed by atoms with Crippen LogP contribution in [0.4, 0.5) is 4.39 Å². The molecular formula is C12H14FN3S. The maximum Gasteiger partial charge on any atom is 0.141 e. The van der Waals surface area contributed by atoms with Gasteiger partial charge in [-0.15, -0.1) is 11.3 Å². The maximum absolute atomic E-state index is 12.7. The fraction of sp³-hybridized carbons (Fsp3) is 0.333. The smallest absolute Gasteiger partial charge is 0.141 e. The summed E-state index contributed by atoms with van der Waals surface area (Å²) in [5.74, 6) is 0.0481. The number of halogens is 1. The van der Waals surface area contributed by atoms with Crippen LogP contribution in [0.25, 0.3) is 11.4 Å². The number of rotatable bonds is 4. The fourth-order valence-electron chi connectivity index (χ4n) is 1.55.